The lowest BCUT2D eigenvalue weighted by Gasteiger charge is -2.23. The van der Waals surface area contributed by atoms with E-state index in [0.29, 0.717) is 12.4 Å². The molecule has 120 valence electrons. The van der Waals surface area contributed by atoms with Gasteiger partial charge in [0, 0.05) is 39.6 Å². The van der Waals surface area contributed by atoms with Crippen molar-refractivity contribution >= 4 is 11.8 Å². The van der Waals surface area contributed by atoms with Gasteiger partial charge >= 0.3 is 6.03 Å². The van der Waals surface area contributed by atoms with Crippen LogP contribution in [0, 0.1) is 0 Å². The Kier molecular flexibility index (Phi) is 5.60. The molecular formula is C15H22N4O3. The zero-order valence-electron chi connectivity index (χ0n) is 13.2. The van der Waals surface area contributed by atoms with Crippen LogP contribution in [0.1, 0.15) is 25.1 Å². The molecule has 0 aliphatic rings. The third kappa shape index (κ3) is 4.11. The van der Waals surface area contributed by atoms with Crippen molar-refractivity contribution in [2.75, 3.05) is 26.1 Å². The van der Waals surface area contributed by atoms with E-state index in [4.69, 9.17) is 9.15 Å². The molecule has 2 aromatic heterocycles. The molecule has 0 bridgehead atoms. The SMILES string of the molecule is COCCCn1ccc(NC(=O)N(C)C(C)c2ccco2)n1. The first kappa shape index (κ1) is 16.1. The number of anilines is 1. The second-order valence-electron chi connectivity index (χ2n) is 5.04. The number of ether oxygens (including phenoxy) is 1. The molecule has 0 aliphatic carbocycles. The first-order valence-corrected chi connectivity index (χ1v) is 7.21. The molecule has 0 fully saturated rings. The predicted molar refractivity (Wildman–Crippen MR) is 82.6 cm³/mol. The Balaban J connectivity index is 1.88. The normalized spacial score (nSPS) is 12.1. The summed E-state index contributed by atoms with van der Waals surface area (Å²) in [6.45, 7) is 3.34. The van der Waals surface area contributed by atoms with Crippen LogP contribution in [0.2, 0.25) is 0 Å². The molecule has 2 amide bonds. The van der Waals surface area contributed by atoms with Crippen LogP contribution in [0.15, 0.2) is 35.1 Å². The fraction of sp³-hybridized carbons (Fsp3) is 0.467. The number of carbonyl (C=O) groups is 1. The Labute approximate surface area is 129 Å². The molecule has 2 heterocycles. The third-order valence-corrected chi connectivity index (χ3v) is 3.47. The van der Waals surface area contributed by atoms with Gasteiger partial charge in [-0.05, 0) is 25.5 Å². The Morgan fingerprint density at radius 3 is 3.05 bits per heavy atom. The van der Waals surface area contributed by atoms with Crippen LogP contribution in [0.25, 0.3) is 0 Å². The minimum absolute atomic E-state index is 0.154. The van der Waals surface area contributed by atoms with Crippen molar-refractivity contribution in [1.29, 1.82) is 0 Å². The van der Waals surface area contributed by atoms with Crippen LogP contribution in [0.4, 0.5) is 10.6 Å². The van der Waals surface area contributed by atoms with Gasteiger partial charge in [-0.3, -0.25) is 10.00 Å². The van der Waals surface area contributed by atoms with E-state index in [9.17, 15) is 4.79 Å². The third-order valence-electron chi connectivity index (χ3n) is 3.47. The van der Waals surface area contributed by atoms with E-state index in [0.717, 1.165) is 18.7 Å². The average Bonchev–Trinajstić information content (AvgIpc) is 3.17. The van der Waals surface area contributed by atoms with Gasteiger partial charge in [0.15, 0.2) is 5.82 Å². The molecular weight excluding hydrogens is 284 g/mol. The van der Waals surface area contributed by atoms with Crippen LogP contribution < -0.4 is 5.32 Å². The monoisotopic (exact) mass is 306 g/mol. The van der Waals surface area contributed by atoms with Gasteiger partial charge in [0.1, 0.15) is 5.76 Å². The summed E-state index contributed by atoms with van der Waals surface area (Å²) < 4.78 is 12.1. The van der Waals surface area contributed by atoms with Crippen molar-refractivity contribution in [2.45, 2.75) is 25.9 Å². The van der Waals surface area contributed by atoms with Crippen molar-refractivity contribution in [3.8, 4) is 0 Å². The molecule has 0 saturated carbocycles. The van der Waals surface area contributed by atoms with Crippen molar-refractivity contribution in [3.05, 3.63) is 36.4 Å². The Morgan fingerprint density at radius 1 is 1.55 bits per heavy atom. The molecule has 0 spiro atoms. The zero-order chi connectivity index (χ0) is 15.9. The number of aromatic nitrogens is 2. The summed E-state index contributed by atoms with van der Waals surface area (Å²) >= 11 is 0. The summed E-state index contributed by atoms with van der Waals surface area (Å²) in [6.07, 6.45) is 4.31. The van der Waals surface area contributed by atoms with Gasteiger partial charge in [-0.25, -0.2) is 4.79 Å². The fourth-order valence-corrected chi connectivity index (χ4v) is 2.02. The number of hydrogen-bond acceptors (Lipinski definition) is 4. The van der Waals surface area contributed by atoms with Gasteiger partial charge in [0.25, 0.3) is 0 Å². The summed E-state index contributed by atoms with van der Waals surface area (Å²) in [7, 11) is 3.39. The van der Waals surface area contributed by atoms with Crippen LogP contribution >= 0.6 is 0 Å². The highest BCUT2D eigenvalue weighted by atomic mass is 16.5. The minimum Gasteiger partial charge on any atom is -0.467 e. The number of amides is 2. The second-order valence-corrected chi connectivity index (χ2v) is 5.04. The molecule has 7 heteroatoms. The smallest absolute Gasteiger partial charge is 0.323 e. The number of rotatable bonds is 7. The molecule has 22 heavy (non-hydrogen) atoms. The van der Waals surface area contributed by atoms with Gasteiger partial charge in [-0.2, -0.15) is 5.10 Å². The number of hydrogen-bond donors (Lipinski definition) is 1. The number of methoxy groups -OCH3 is 1. The average molecular weight is 306 g/mol. The molecule has 0 aliphatic heterocycles. The van der Waals surface area contributed by atoms with E-state index in [1.165, 1.54) is 0 Å². The highest BCUT2D eigenvalue weighted by Crippen LogP contribution is 2.19. The molecule has 0 radical (unpaired) electrons. The zero-order valence-corrected chi connectivity index (χ0v) is 13.2. The van der Waals surface area contributed by atoms with E-state index in [2.05, 4.69) is 10.4 Å². The molecule has 2 rings (SSSR count). The van der Waals surface area contributed by atoms with Gasteiger partial charge in [-0.15, -0.1) is 0 Å². The quantitative estimate of drug-likeness (QED) is 0.798. The van der Waals surface area contributed by atoms with Gasteiger partial charge in [0.2, 0.25) is 0 Å². The number of nitrogens with zero attached hydrogens (tertiary/aromatic N) is 3. The highest BCUT2D eigenvalue weighted by molar-refractivity contribution is 5.88. The predicted octanol–water partition coefficient (Wildman–Crippen LogP) is 2.74. The Hall–Kier alpha value is -2.28. The highest BCUT2D eigenvalue weighted by Gasteiger charge is 2.19. The first-order valence-electron chi connectivity index (χ1n) is 7.21. The van der Waals surface area contributed by atoms with Crippen molar-refractivity contribution in [2.24, 2.45) is 0 Å². The number of urea groups is 1. The molecule has 0 saturated heterocycles. The Bertz CT molecular complexity index is 579. The largest absolute Gasteiger partial charge is 0.467 e. The number of furan rings is 1. The molecule has 7 nitrogen and oxygen atoms in total. The first-order chi connectivity index (χ1) is 10.6. The summed E-state index contributed by atoms with van der Waals surface area (Å²) in [6, 6.07) is 5.04. The van der Waals surface area contributed by atoms with Crippen LogP contribution in [0.3, 0.4) is 0 Å². The van der Waals surface area contributed by atoms with E-state index in [1.54, 1.807) is 42.1 Å². The van der Waals surface area contributed by atoms with Gasteiger partial charge < -0.3 is 14.1 Å². The van der Waals surface area contributed by atoms with E-state index in [-0.39, 0.29) is 12.1 Å². The van der Waals surface area contributed by atoms with Crippen LogP contribution in [-0.4, -0.2) is 41.5 Å². The number of nitrogens with one attached hydrogen (secondary N) is 1. The maximum absolute atomic E-state index is 12.2. The molecule has 1 unspecified atom stereocenters. The maximum atomic E-state index is 12.2. The van der Waals surface area contributed by atoms with Crippen molar-refractivity contribution in [3.63, 3.8) is 0 Å². The van der Waals surface area contributed by atoms with E-state index >= 15 is 0 Å². The lowest BCUT2D eigenvalue weighted by atomic mass is 10.2. The summed E-state index contributed by atoms with van der Waals surface area (Å²) in [5.74, 6) is 1.27. The molecule has 1 N–H and O–H groups in total. The van der Waals surface area contributed by atoms with Crippen molar-refractivity contribution < 1.29 is 13.9 Å². The molecule has 2 aromatic rings. The van der Waals surface area contributed by atoms with Gasteiger partial charge in [0.05, 0.1) is 12.3 Å². The minimum atomic E-state index is -0.231. The topological polar surface area (TPSA) is 72.5 Å². The summed E-state index contributed by atoms with van der Waals surface area (Å²) in [5, 5.41) is 7.08. The second kappa shape index (κ2) is 7.65. The van der Waals surface area contributed by atoms with E-state index in [1.807, 2.05) is 19.2 Å². The lowest BCUT2D eigenvalue weighted by Crippen LogP contribution is -2.33. The van der Waals surface area contributed by atoms with Crippen molar-refractivity contribution in [1.82, 2.24) is 14.7 Å². The molecule has 1 atom stereocenters. The maximum Gasteiger partial charge on any atom is 0.323 e. The summed E-state index contributed by atoms with van der Waals surface area (Å²) in [4.78, 5) is 13.8. The van der Waals surface area contributed by atoms with Crippen LogP contribution in [-0.2, 0) is 11.3 Å². The number of aryl methyl sites for hydroxylation is 1. The Morgan fingerprint density at radius 2 is 2.36 bits per heavy atom. The lowest BCUT2D eigenvalue weighted by molar-refractivity contribution is 0.189. The summed E-state index contributed by atoms with van der Waals surface area (Å²) in [5.41, 5.74) is 0. The van der Waals surface area contributed by atoms with E-state index < -0.39 is 0 Å². The molecule has 0 aromatic carbocycles. The standard InChI is InChI=1S/C15H22N4O3/c1-12(13-6-4-11-22-13)18(2)15(20)16-14-7-9-19(17-14)8-5-10-21-3/h4,6-7,9,11-12H,5,8,10H2,1-3H3,(H,16,17,20). The fourth-order valence-electron chi connectivity index (χ4n) is 2.02. The van der Waals surface area contributed by atoms with Crippen LogP contribution in [0.5, 0.6) is 0 Å². The number of carbonyl (C=O) groups excluding carboxylic acids is 1. The van der Waals surface area contributed by atoms with Gasteiger partial charge in [-0.1, -0.05) is 0 Å².